The number of hydrogen-bond donors (Lipinski definition) is 1. The summed E-state index contributed by atoms with van der Waals surface area (Å²) in [7, 11) is 0. The third kappa shape index (κ3) is 6.71. The van der Waals surface area contributed by atoms with Crippen molar-refractivity contribution in [2.75, 3.05) is 26.2 Å². The van der Waals surface area contributed by atoms with E-state index >= 15 is 0 Å². The molecule has 0 saturated carbocycles. The zero-order valence-corrected chi connectivity index (χ0v) is 19.6. The molecule has 1 aromatic rings. The first-order valence-corrected chi connectivity index (χ1v) is 11.0. The van der Waals surface area contributed by atoms with Gasteiger partial charge in [0.2, 0.25) is 0 Å². The molecule has 2 heterocycles. The summed E-state index contributed by atoms with van der Waals surface area (Å²) in [5.74, 6) is -0.276. The third-order valence-electron chi connectivity index (χ3n) is 4.07. The minimum absolute atomic E-state index is 0.276. The van der Waals surface area contributed by atoms with E-state index in [9.17, 15) is 9.59 Å². The molecule has 2 amide bonds. The lowest BCUT2D eigenvalue weighted by atomic mass is 10.2. The fourth-order valence-corrected chi connectivity index (χ4v) is 3.75. The second kappa shape index (κ2) is 10.1. The molecule has 0 radical (unpaired) electrons. The fraction of sp³-hybridized carbons (Fsp3) is 0.450. The van der Waals surface area contributed by atoms with Crippen LogP contribution < -0.4 is 5.32 Å². The quantitative estimate of drug-likeness (QED) is 0.637. The van der Waals surface area contributed by atoms with E-state index in [4.69, 9.17) is 4.74 Å². The van der Waals surface area contributed by atoms with E-state index in [1.165, 1.54) is 11.3 Å². The summed E-state index contributed by atoms with van der Waals surface area (Å²) in [4.78, 5) is 32.8. The number of carbonyl (C=O) groups excluding carboxylic acids is 2. The van der Waals surface area contributed by atoms with Crippen LogP contribution in [0.15, 0.2) is 45.5 Å². The SMILES string of the molecule is C=C/C=C(\C(=C/C)NC(=O)c1csc(Br)n1)N1CCN(C(=O)OC(C)(C)C)CC1. The number of nitrogens with one attached hydrogen (secondary N) is 1. The maximum atomic E-state index is 12.5. The Morgan fingerprint density at radius 1 is 1.28 bits per heavy atom. The summed E-state index contributed by atoms with van der Waals surface area (Å²) >= 11 is 4.63. The number of thiazole rings is 1. The van der Waals surface area contributed by atoms with Gasteiger partial charge < -0.3 is 19.9 Å². The molecule has 0 spiro atoms. The molecule has 0 unspecified atom stereocenters. The maximum absolute atomic E-state index is 12.5. The number of allylic oxidation sites excluding steroid dienone is 3. The van der Waals surface area contributed by atoms with Crippen LogP contribution in [0.5, 0.6) is 0 Å². The highest BCUT2D eigenvalue weighted by atomic mass is 79.9. The van der Waals surface area contributed by atoms with Gasteiger partial charge in [0.15, 0.2) is 3.92 Å². The van der Waals surface area contributed by atoms with Gasteiger partial charge in [0.1, 0.15) is 11.3 Å². The second-order valence-electron chi connectivity index (χ2n) is 7.38. The number of halogens is 1. The highest BCUT2D eigenvalue weighted by Crippen LogP contribution is 2.20. The zero-order valence-electron chi connectivity index (χ0n) is 17.2. The van der Waals surface area contributed by atoms with Gasteiger partial charge in [-0.1, -0.05) is 18.7 Å². The Balaban J connectivity index is 2.05. The van der Waals surface area contributed by atoms with Crippen LogP contribution in [0.3, 0.4) is 0 Å². The normalized spacial score (nSPS) is 15.9. The summed E-state index contributed by atoms with van der Waals surface area (Å²) in [6.07, 6.45) is 5.08. The summed E-state index contributed by atoms with van der Waals surface area (Å²) in [5.41, 5.74) is 1.35. The van der Waals surface area contributed by atoms with Crippen LogP contribution in [-0.2, 0) is 4.74 Å². The molecular formula is C20H27BrN4O3S. The van der Waals surface area contributed by atoms with E-state index in [1.807, 2.05) is 39.8 Å². The molecule has 1 N–H and O–H groups in total. The molecule has 1 fully saturated rings. The van der Waals surface area contributed by atoms with Crippen LogP contribution in [0.4, 0.5) is 4.79 Å². The van der Waals surface area contributed by atoms with Crippen molar-refractivity contribution in [3.63, 3.8) is 0 Å². The standard InChI is InChI=1S/C20H27BrN4O3S/c1-6-8-16(14(7-2)22-17(26)15-13-29-18(21)23-15)24-9-11-25(12-10-24)19(27)28-20(3,4)5/h6-8,13H,1,9-12H2,2-5H3,(H,22,26)/b14-7+,16-8+. The number of aromatic nitrogens is 1. The number of hydrogen-bond acceptors (Lipinski definition) is 6. The topological polar surface area (TPSA) is 74.8 Å². The summed E-state index contributed by atoms with van der Waals surface area (Å²) < 4.78 is 6.11. The van der Waals surface area contributed by atoms with Gasteiger partial charge in [0, 0.05) is 31.6 Å². The lowest BCUT2D eigenvalue weighted by Gasteiger charge is -2.38. The van der Waals surface area contributed by atoms with Crippen molar-refractivity contribution in [3.05, 3.63) is 51.2 Å². The fourth-order valence-electron chi connectivity index (χ4n) is 2.76. The zero-order chi connectivity index (χ0) is 21.6. The Morgan fingerprint density at radius 2 is 1.90 bits per heavy atom. The number of amides is 2. The predicted molar refractivity (Wildman–Crippen MR) is 119 cm³/mol. The van der Waals surface area contributed by atoms with E-state index in [2.05, 4.69) is 37.7 Å². The molecule has 29 heavy (non-hydrogen) atoms. The van der Waals surface area contributed by atoms with Crippen LogP contribution in [0.25, 0.3) is 0 Å². The van der Waals surface area contributed by atoms with Gasteiger partial charge in [-0.25, -0.2) is 9.78 Å². The van der Waals surface area contributed by atoms with E-state index < -0.39 is 5.60 Å². The Labute approximate surface area is 184 Å². The van der Waals surface area contributed by atoms with Crippen LogP contribution in [-0.4, -0.2) is 58.6 Å². The molecule has 0 bridgehead atoms. The first-order chi connectivity index (χ1) is 13.6. The van der Waals surface area contributed by atoms with Crippen LogP contribution in [0.2, 0.25) is 0 Å². The predicted octanol–water partition coefficient (Wildman–Crippen LogP) is 4.16. The van der Waals surface area contributed by atoms with Crippen molar-refractivity contribution in [2.45, 2.75) is 33.3 Å². The van der Waals surface area contributed by atoms with Crippen LogP contribution >= 0.6 is 27.3 Å². The number of rotatable bonds is 5. The monoisotopic (exact) mass is 482 g/mol. The summed E-state index contributed by atoms with van der Waals surface area (Å²) in [6.45, 7) is 13.5. The van der Waals surface area contributed by atoms with Crippen molar-refractivity contribution >= 4 is 39.3 Å². The van der Waals surface area contributed by atoms with E-state index in [1.54, 1.807) is 16.4 Å². The highest BCUT2D eigenvalue weighted by molar-refractivity contribution is 9.11. The molecule has 158 valence electrons. The molecule has 7 nitrogen and oxygen atoms in total. The molecule has 9 heteroatoms. The Bertz CT molecular complexity index is 818. The molecule has 0 atom stereocenters. The number of nitrogens with zero attached hydrogens (tertiary/aromatic N) is 3. The van der Waals surface area contributed by atoms with Gasteiger partial charge in [-0.3, -0.25) is 4.79 Å². The van der Waals surface area contributed by atoms with Crippen molar-refractivity contribution in [1.82, 2.24) is 20.1 Å². The Hall–Kier alpha value is -2.13. The van der Waals surface area contributed by atoms with Gasteiger partial charge in [-0.05, 0) is 49.7 Å². The smallest absolute Gasteiger partial charge is 0.410 e. The van der Waals surface area contributed by atoms with Gasteiger partial charge in [0.05, 0.1) is 11.4 Å². The minimum atomic E-state index is -0.519. The van der Waals surface area contributed by atoms with Crippen molar-refractivity contribution < 1.29 is 14.3 Å². The van der Waals surface area contributed by atoms with E-state index in [0.29, 0.717) is 41.5 Å². The van der Waals surface area contributed by atoms with Gasteiger partial charge in [-0.2, -0.15) is 0 Å². The molecule has 1 aromatic heterocycles. The first-order valence-electron chi connectivity index (χ1n) is 9.29. The molecular weight excluding hydrogens is 456 g/mol. The molecule has 0 aliphatic carbocycles. The molecule has 0 aromatic carbocycles. The first kappa shape index (κ1) is 23.2. The van der Waals surface area contributed by atoms with Gasteiger partial charge in [0.25, 0.3) is 5.91 Å². The van der Waals surface area contributed by atoms with Gasteiger partial charge >= 0.3 is 6.09 Å². The average molecular weight is 483 g/mol. The van der Waals surface area contributed by atoms with Crippen LogP contribution in [0, 0.1) is 0 Å². The van der Waals surface area contributed by atoms with Crippen LogP contribution in [0.1, 0.15) is 38.2 Å². The third-order valence-corrected chi connectivity index (χ3v) is 5.43. The minimum Gasteiger partial charge on any atom is -0.444 e. The lowest BCUT2D eigenvalue weighted by molar-refractivity contribution is 0.0170. The van der Waals surface area contributed by atoms with Crippen molar-refractivity contribution in [1.29, 1.82) is 0 Å². The molecule has 1 aliphatic heterocycles. The average Bonchev–Trinajstić information content (AvgIpc) is 3.09. The number of piperazine rings is 1. The largest absolute Gasteiger partial charge is 0.444 e. The molecule has 1 saturated heterocycles. The Kier molecular flexibility index (Phi) is 8.04. The molecule has 1 aliphatic rings. The Morgan fingerprint density at radius 3 is 2.38 bits per heavy atom. The molecule has 2 rings (SSSR count). The van der Waals surface area contributed by atoms with E-state index in [0.717, 1.165) is 5.70 Å². The highest BCUT2D eigenvalue weighted by Gasteiger charge is 2.27. The summed E-state index contributed by atoms with van der Waals surface area (Å²) in [6, 6.07) is 0. The van der Waals surface area contributed by atoms with Crippen molar-refractivity contribution in [2.24, 2.45) is 0 Å². The number of carbonyl (C=O) groups is 2. The van der Waals surface area contributed by atoms with Crippen molar-refractivity contribution in [3.8, 4) is 0 Å². The second-order valence-corrected chi connectivity index (χ2v) is 9.52. The lowest BCUT2D eigenvalue weighted by Crippen LogP contribution is -2.50. The number of ether oxygens (including phenoxy) is 1. The maximum Gasteiger partial charge on any atom is 0.410 e. The van der Waals surface area contributed by atoms with Gasteiger partial charge in [-0.15, -0.1) is 11.3 Å². The summed E-state index contributed by atoms with van der Waals surface area (Å²) in [5, 5.41) is 4.62. The van der Waals surface area contributed by atoms with E-state index in [-0.39, 0.29) is 12.0 Å².